The number of hydrogen-bond donors (Lipinski definition) is 1. The van der Waals surface area contributed by atoms with Crippen molar-refractivity contribution >= 4 is 63.3 Å². The number of halogens is 3. The lowest BCUT2D eigenvalue weighted by atomic mass is 10.2. The molecule has 1 aromatic heterocycles. The number of urea groups is 1. The van der Waals surface area contributed by atoms with Crippen molar-refractivity contribution in [2.24, 2.45) is 0 Å². The van der Waals surface area contributed by atoms with Gasteiger partial charge in [0.25, 0.3) is 0 Å². The van der Waals surface area contributed by atoms with Gasteiger partial charge < -0.3 is 19.9 Å². The number of methoxy groups -OCH3 is 1. The highest BCUT2D eigenvalue weighted by molar-refractivity contribution is 6.66. The number of nitrogens with two attached hydrogens (primary N) is 1. The fourth-order valence-corrected chi connectivity index (χ4v) is 4.31. The van der Waals surface area contributed by atoms with Crippen molar-refractivity contribution in [2.45, 2.75) is 6.54 Å². The normalized spacial score (nSPS) is 13.1. The van der Waals surface area contributed by atoms with E-state index in [-0.39, 0.29) is 46.4 Å². The minimum Gasteiger partial charge on any atom is -0.495 e. The van der Waals surface area contributed by atoms with E-state index in [1.807, 2.05) is 0 Å². The summed E-state index contributed by atoms with van der Waals surface area (Å²) in [7, 11) is 2.97. The smallest absolute Gasteiger partial charge is 0.330 e. The quantitative estimate of drug-likeness (QED) is 0.218. The number of rotatable bonds is 8. The summed E-state index contributed by atoms with van der Waals surface area (Å²) >= 11 is 18.5. The largest absolute Gasteiger partial charge is 0.495 e. The number of ether oxygens (including phenoxy) is 3. The van der Waals surface area contributed by atoms with E-state index in [0.717, 1.165) is 6.08 Å². The number of nitrogens with zero attached hydrogens (tertiary/aromatic N) is 4. The van der Waals surface area contributed by atoms with Gasteiger partial charge in [-0.3, -0.25) is 14.6 Å². The van der Waals surface area contributed by atoms with Gasteiger partial charge in [-0.05, 0) is 35.9 Å². The topological polar surface area (TPSA) is 120 Å². The van der Waals surface area contributed by atoms with Crippen molar-refractivity contribution in [3.05, 3.63) is 64.3 Å². The number of benzene rings is 2. The van der Waals surface area contributed by atoms with E-state index in [4.69, 9.17) is 54.7 Å². The van der Waals surface area contributed by atoms with Crippen LogP contribution in [0.3, 0.4) is 0 Å². The molecule has 0 radical (unpaired) electrons. The zero-order valence-corrected chi connectivity index (χ0v) is 21.8. The van der Waals surface area contributed by atoms with E-state index in [1.54, 1.807) is 37.5 Å². The molecule has 0 atom stereocenters. The van der Waals surface area contributed by atoms with Crippen molar-refractivity contribution in [1.29, 1.82) is 0 Å². The number of para-hydroxylation sites is 2. The maximum Gasteiger partial charge on any atom is 0.330 e. The van der Waals surface area contributed by atoms with Gasteiger partial charge in [0.15, 0.2) is 5.75 Å². The molecule has 2 heterocycles. The predicted octanol–water partition coefficient (Wildman–Crippen LogP) is 5.44. The lowest BCUT2D eigenvalue weighted by Crippen LogP contribution is -2.46. The van der Waals surface area contributed by atoms with E-state index in [9.17, 15) is 9.59 Å². The van der Waals surface area contributed by atoms with Crippen LogP contribution in [0.1, 0.15) is 5.56 Å². The first kappa shape index (κ1) is 26.3. The number of nitrogen functional groups attached to an aromatic ring is 1. The maximum absolute atomic E-state index is 13.4. The molecule has 3 aromatic rings. The summed E-state index contributed by atoms with van der Waals surface area (Å²) in [6, 6.07) is 7.97. The fraction of sp³-hybridized carbons (Fsp3) is 0.167. The van der Waals surface area contributed by atoms with Crippen molar-refractivity contribution in [3.63, 3.8) is 0 Å². The van der Waals surface area contributed by atoms with Crippen LogP contribution in [0.15, 0.2) is 48.7 Å². The van der Waals surface area contributed by atoms with E-state index < -0.39 is 11.3 Å². The Balaban J connectivity index is 1.67. The summed E-state index contributed by atoms with van der Waals surface area (Å²) in [5.41, 5.74) is 7.14. The first-order valence-corrected chi connectivity index (χ1v) is 11.8. The zero-order valence-electron chi connectivity index (χ0n) is 19.6. The van der Waals surface area contributed by atoms with Crippen LogP contribution < -0.4 is 29.7 Å². The summed E-state index contributed by atoms with van der Waals surface area (Å²) in [6.45, 7) is 0.0423. The number of fused-ring (bicyclic) bond motifs is 1. The summed E-state index contributed by atoms with van der Waals surface area (Å²) < 4.78 is 16.7. The minimum atomic E-state index is -0.646. The maximum atomic E-state index is 13.4. The van der Waals surface area contributed by atoms with Gasteiger partial charge in [0.1, 0.15) is 34.0 Å². The number of allylic oxidation sites excluding steroid dienone is 1. The van der Waals surface area contributed by atoms with Crippen molar-refractivity contribution in [2.75, 3.05) is 36.3 Å². The molecule has 0 saturated carbocycles. The van der Waals surface area contributed by atoms with Crippen molar-refractivity contribution in [3.8, 4) is 23.3 Å². The number of hydrogen-bond acceptors (Lipinski definition) is 8. The van der Waals surface area contributed by atoms with Gasteiger partial charge >= 0.3 is 12.0 Å². The van der Waals surface area contributed by atoms with Gasteiger partial charge in [-0.1, -0.05) is 35.3 Å². The monoisotopic (exact) mass is 563 g/mol. The zero-order chi connectivity index (χ0) is 26.7. The molecule has 0 aliphatic carbocycles. The number of amides is 2. The Hall–Kier alpha value is -3.73. The Morgan fingerprint density at radius 3 is 2.62 bits per heavy atom. The highest BCUT2D eigenvalue weighted by atomic mass is 35.5. The third-order valence-electron chi connectivity index (χ3n) is 5.29. The standard InChI is InChI=1S/C24H20Cl3N5O5/c1-31-22-13(11-29-23(30-22)37-15-7-4-3-6-14(15)28)12-32(24(31)34)21-19(26)16(35-2)10-17(20(21)27)36-9-5-8-18(25)33/h3-8,10-11H,9,12,28H2,1-2H3/b8-5+. The molecule has 2 aromatic carbocycles. The molecule has 37 heavy (non-hydrogen) atoms. The molecule has 10 nitrogen and oxygen atoms in total. The SMILES string of the molecule is COc1cc(OC/C=C/C(=O)Cl)c(Cl)c(N2Cc3cnc(Oc4ccccc4N)nc3N(C)C2=O)c1Cl. The third-order valence-corrected chi connectivity index (χ3v) is 6.14. The summed E-state index contributed by atoms with van der Waals surface area (Å²) in [4.78, 5) is 35.7. The second-order valence-electron chi connectivity index (χ2n) is 7.64. The summed E-state index contributed by atoms with van der Waals surface area (Å²) in [5.74, 6) is 1.16. The molecule has 2 N–H and O–H groups in total. The first-order valence-electron chi connectivity index (χ1n) is 10.7. The van der Waals surface area contributed by atoms with Gasteiger partial charge in [0.05, 0.1) is 25.0 Å². The predicted molar refractivity (Wildman–Crippen MR) is 141 cm³/mol. The number of carbonyl (C=O) groups is 2. The van der Waals surface area contributed by atoms with Gasteiger partial charge in [-0.25, -0.2) is 9.78 Å². The van der Waals surface area contributed by atoms with E-state index >= 15 is 0 Å². The molecule has 13 heteroatoms. The van der Waals surface area contributed by atoms with Crippen LogP contribution in [-0.2, 0) is 11.3 Å². The molecular weight excluding hydrogens is 545 g/mol. The van der Waals surface area contributed by atoms with Crippen molar-refractivity contribution < 1.29 is 23.8 Å². The molecule has 1 aliphatic heterocycles. The number of aromatic nitrogens is 2. The van der Waals surface area contributed by atoms with Crippen LogP contribution in [0.2, 0.25) is 10.0 Å². The molecule has 2 amide bonds. The van der Waals surface area contributed by atoms with Crippen LogP contribution in [-0.4, -0.2) is 42.0 Å². The van der Waals surface area contributed by atoms with Gasteiger partial charge in [0.2, 0.25) is 5.24 Å². The fourth-order valence-electron chi connectivity index (χ4n) is 3.53. The van der Waals surface area contributed by atoms with Crippen molar-refractivity contribution in [1.82, 2.24) is 9.97 Å². The van der Waals surface area contributed by atoms with Crippen LogP contribution >= 0.6 is 34.8 Å². The minimum absolute atomic E-state index is 0.0123. The summed E-state index contributed by atoms with van der Waals surface area (Å²) in [5, 5.41) is -0.466. The lowest BCUT2D eigenvalue weighted by Gasteiger charge is -2.35. The first-order chi connectivity index (χ1) is 17.7. The average Bonchev–Trinajstić information content (AvgIpc) is 2.87. The Kier molecular flexibility index (Phi) is 7.91. The summed E-state index contributed by atoms with van der Waals surface area (Å²) in [6.07, 6.45) is 4.11. The molecule has 0 saturated heterocycles. The second kappa shape index (κ2) is 11.1. The molecule has 0 bridgehead atoms. The third kappa shape index (κ3) is 5.51. The Morgan fingerprint density at radius 1 is 1.19 bits per heavy atom. The van der Waals surface area contributed by atoms with E-state index in [0.29, 0.717) is 22.8 Å². The van der Waals surface area contributed by atoms with Crippen LogP contribution in [0.5, 0.6) is 23.3 Å². The highest BCUT2D eigenvalue weighted by Crippen LogP contribution is 2.48. The molecule has 0 unspecified atom stereocenters. The molecule has 192 valence electrons. The van der Waals surface area contributed by atoms with E-state index in [2.05, 4.69) is 9.97 Å². The van der Waals surface area contributed by atoms with Gasteiger partial charge in [0, 0.05) is 24.9 Å². The van der Waals surface area contributed by atoms with Crippen LogP contribution in [0.4, 0.5) is 22.0 Å². The molecule has 0 spiro atoms. The molecule has 4 rings (SSSR count). The number of carbonyl (C=O) groups excluding carboxylic acids is 2. The van der Waals surface area contributed by atoms with Crippen LogP contribution in [0.25, 0.3) is 0 Å². The molecule has 1 aliphatic rings. The van der Waals surface area contributed by atoms with Gasteiger partial charge in [-0.15, -0.1) is 0 Å². The number of anilines is 3. The Labute approximate surface area is 227 Å². The second-order valence-corrected chi connectivity index (χ2v) is 8.77. The lowest BCUT2D eigenvalue weighted by molar-refractivity contribution is -0.107. The Bertz CT molecular complexity index is 1400. The van der Waals surface area contributed by atoms with Gasteiger partial charge in [-0.2, -0.15) is 4.98 Å². The highest BCUT2D eigenvalue weighted by Gasteiger charge is 2.35. The average molecular weight is 565 g/mol. The molecular formula is C24H20Cl3N5O5. The molecule has 0 fully saturated rings. The van der Waals surface area contributed by atoms with Crippen LogP contribution in [0, 0.1) is 0 Å². The Morgan fingerprint density at radius 2 is 1.92 bits per heavy atom. The van der Waals surface area contributed by atoms with E-state index in [1.165, 1.54) is 29.1 Å².